The molecule has 0 unspecified atom stereocenters. The van der Waals surface area contributed by atoms with Gasteiger partial charge in [-0.25, -0.2) is 0 Å². The molecule has 0 spiro atoms. The van der Waals surface area contributed by atoms with Gasteiger partial charge in [0.1, 0.15) is 5.75 Å². The number of nitrogens with zero attached hydrogens (tertiary/aromatic N) is 1. The quantitative estimate of drug-likeness (QED) is 0.608. The Morgan fingerprint density at radius 2 is 1.68 bits per heavy atom. The van der Waals surface area contributed by atoms with Crippen LogP contribution in [-0.4, -0.2) is 4.92 Å². The lowest BCUT2D eigenvalue weighted by Crippen LogP contribution is -2.19. The van der Waals surface area contributed by atoms with Crippen molar-refractivity contribution in [3.63, 3.8) is 0 Å². The van der Waals surface area contributed by atoms with Crippen molar-refractivity contribution in [1.82, 2.24) is 0 Å². The SMILES string of the molecule is O=[N+]([O-])C1=Cc2ccccc2O[C@@H]1c1ccccc1. The fourth-order valence-electron chi connectivity index (χ4n) is 2.14. The molecular formula is C15H11NO3. The molecule has 0 aromatic heterocycles. The lowest BCUT2D eigenvalue weighted by molar-refractivity contribution is -0.434. The maximum Gasteiger partial charge on any atom is 0.291 e. The van der Waals surface area contributed by atoms with E-state index in [9.17, 15) is 10.1 Å². The van der Waals surface area contributed by atoms with Crippen LogP contribution in [0.15, 0.2) is 60.3 Å². The van der Waals surface area contributed by atoms with Crippen LogP contribution in [0, 0.1) is 10.1 Å². The summed E-state index contributed by atoms with van der Waals surface area (Å²) in [6, 6.07) is 16.5. The van der Waals surface area contributed by atoms with E-state index in [1.165, 1.54) is 0 Å². The minimum Gasteiger partial charge on any atom is -0.474 e. The maximum atomic E-state index is 11.2. The minimum atomic E-state index is -0.661. The molecular weight excluding hydrogens is 242 g/mol. The first-order chi connectivity index (χ1) is 9.25. The summed E-state index contributed by atoms with van der Waals surface area (Å²) in [6.45, 7) is 0. The molecule has 3 rings (SSSR count). The lowest BCUT2D eigenvalue weighted by atomic mass is 10.0. The van der Waals surface area contributed by atoms with E-state index in [0.29, 0.717) is 5.75 Å². The summed E-state index contributed by atoms with van der Waals surface area (Å²) >= 11 is 0. The van der Waals surface area contributed by atoms with Gasteiger partial charge in [0.25, 0.3) is 5.70 Å². The predicted molar refractivity (Wildman–Crippen MR) is 71.2 cm³/mol. The average molecular weight is 253 g/mol. The van der Waals surface area contributed by atoms with Gasteiger partial charge in [0.2, 0.25) is 6.10 Å². The topological polar surface area (TPSA) is 52.4 Å². The lowest BCUT2D eigenvalue weighted by Gasteiger charge is -2.22. The van der Waals surface area contributed by atoms with Crippen LogP contribution in [-0.2, 0) is 0 Å². The Morgan fingerprint density at radius 1 is 1.00 bits per heavy atom. The smallest absolute Gasteiger partial charge is 0.291 e. The molecule has 2 aromatic carbocycles. The van der Waals surface area contributed by atoms with Crippen molar-refractivity contribution >= 4 is 6.08 Å². The zero-order valence-electron chi connectivity index (χ0n) is 10.0. The van der Waals surface area contributed by atoms with Crippen molar-refractivity contribution in [3.05, 3.63) is 81.5 Å². The molecule has 0 saturated heterocycles. The molecule has 0 N–H and O–H groups in total. The second-order valence-corrected chi connectivity index (χ2v) is 4.27. The molecule has 1 aliphatic rings. The maximum absolute atomic E-state index is 11.2. The summed E-state index contributed by atoms with van der Waals surface area (Å²) in [5.74, 6) is 0.668. The van der Waals surface area contributed by atoms with E-state index in [4.69, 9.17) is 4.74 Å². The standard InChI is InChI=1S/C15H11NO3/c17-16(18)13-10-12-8-4-5-9-14(12)19-15(13)11-6-2-1-3-7-11/h1-10,15H/t15-/m1/s1. The van der Waals surface area contributed by atoms with Crippen LogP contribution in [0.25, 0.3) is 6.08 Å². The van der Waals surface area contributed by atoms with Gasteiger partial charge in [-0.2, -0.15) is 0 Å². The number of rotatable bonds is 2. The van der Waals surface area contributed by atoms with E-state index in [-0.39, 0.29) is 10.6 Å². The molecule has 4 nitrogen and oxygen atoms in total. The fourth-order valence-corrected chi connectivity index (χ4v) is 2.14. The Labute approximate surface area is 110 Å². The van der Waals surface area contributed by atoms with Crippen LogP contribution in [0.5, 0.6) is 5.75 Å². The van der Waals surface area contributed by atoms with Crippen molar-refractivity contribution < 1.29 is 9.66 Å². The molecule has 1 aliphatic heterocycles. The van der Waals surface area contributed by atoms with Gasteiger partial charge in [-0.05, 0) is 6.07 Å². The second-order valence-electron chi connectivity index (χ2n) is 4.27. The van der Waals surface area contributed by atoms with Gasteiger partial charge in [0.15, 0.2) is 0 Å². The van der Waals surface area contributed by atoms with Crippen LogP contribution in [0.4, 0.5) is 0 Å². The number of hydrogen-bond acceptors (Lipinski definition) is 3. The first-order valence-corrected chi connectivity index (χ1v) is 5.92. The fraction of sp³-hybridized carbons (Fsp3) is 0.0667. The van der Waals surface area contributed by atoms with Crippen LogP contribution < -0.4 is 4.74 Å². The van der Waals surface area contributed by atoms with E-state index in [1.807, 2.05) is 48.5 Å². The van der Waals surface area contributed by atoms with Crippen LogP contribution in [0.3, 0.4) is 0 Å². The normalized spacial score (nSPS) is 17.1. The van der Waals surface area contributed by atoms with Crippen molar-refractivity contribution in [1.29, 1.82) is 0 Å². The van der Waals surface area contributed by atoms with Crippen LogP contribution >= 0.6 is 0 Å². The molecule has 0 saturated carbocycles. The van der Waals surface area contributed by atoms with Gasteiger partial charge in [0, 0.05) is 17.2 Å². The third kappa shape index (κ3) is 2.08. The molecule has 0 fully saturated rings. The van der Waals surface area contributed by atoms with Gasteiger partial charge in [-0.1, -0.05) is 48.5 Å². The molecule has 0 bridgehead atoms. The van der Waals surface area contributed by atoms with E-state index < -0.39 is 6.10 Å². The molecule has 0 amide bonds. The predicted octanol–water partition coefficient (Wildman–Crippen LogP) is 3.44. The first kappa shape index (κ1) is 11.5. The minimum absolute atomic E-state index is 0.0601. The molecule has 4 heteroatoms. The Bertz CT molecular complexity index is 649. The average Bonchev–Trinajstić information content (AvgIpc) is 2.46. The number of ether oxygens (including phenoxy) is 1. The number of benzene rings is 2. The highest BCUT2D eigenvalue weighted by Gasteiger charge is 2.32. The Kier molecular flexibility index (Phi) is 2.76. The van der Waals surface area contributed by atoms with E-state index in [0.717, 1.165) is 11.1 Å². The van der Waals surface area contributed by atoms with E-state index in [2.05, 4.69) is 0 Å². The highest BCUT2D eigenvalue weighted by molar-refractivity contribution is 5.62. The zero-order valence-corrected chi connectivity index (χ0v) is 10.0. The third-order valence-electron chi connectivity index (χ3n) is 3.05. The summed E-state index contributed by atoms with van der Waals surface area (Å²) in [5, 5.41) is 11.2. The van der Waals surface area contributed by atoms with Gasteiger partial charge >= 0.3 is 0 Å². The summed E-state index contributed by atoms with van der Waals surface area (Å²) in [4.78, 5) is 10.8. The number of nitro groups is 1. The Hall–Kier alpha value is -2.62. The molecule has 2 aromatic rings. The summed E-state index contributed by atoms with van der Waals surface area (Å²) in [5.41, 5.74) is 1.58. The molecule has 94 valence electrons. The Balaban J connectivity index is 2.10. The monoisotopic (exact) mass is 253 g/mol. The third-order valence-corrected chi connectivity index (χ3v) is 3.05. The summed E-state index contributed by atoms with van der Waals surface area (Å²) < 4.78 is 5.78. The van der Waals surface area contributed by atoms with Crippen molar-refractivity contribution in [2.24, 2.45) is 0 Å². The summed E-state index contributed by atoms with van der Waals surface area (Å²) in [7, 11) is 0. The molecule has 0 radical (unpaired) electrons. The van der Waals surface area contributed by atoms with Crippen LogP contribution in [0.1, 0.15) is 17.2 Å². The van der Waals surface area contributed by atoms with E-state index >= 15 is 0 Å². The molecule has 1 heterocycles. The Morgan fingerprint density at radius 3 is 2.42 bits per heavy atom. The van der Waals surface area contributed by atoms with Crippen molar-refractivity contribution in [3.8, 4) is 5.75 Å². The van der Waals surface area contributed by atoms with Gasteiger partial charge in [0.05, 0.1) is 4.92 Å². The second kappa shape index (κ2) is 4.57. The number of hydrogen-bond donors (Lipinski definition) is 0. The largest absolute Gasteiger partial charge is 0.474 e. The van der Waals surface area contributed by atoms with Crippen LogP contribution in [0.2, 0.25) is 0 Å². The highest BCUT2D eigenvalue weighted by atomic mass is 16.6. The first-order valence-electron chi connectivity index (χ1n) is 5.92. The summed E-state index contributed by atoms with van der Waals surface area (Å²) in [6.07, 6.45) is 0.919. The van der Waals surface area contributed by atoms with Crippen molar-refractivity contribution in [2.45, 2.75) is 6.10 Å². The van der Waals surface area contributed by atoms with Crippen molar-refractivity contribution in [2.75, 3.05) is 0 Å². The number of para-hydroxylation sites is 1. The van der Waals surface area contributed by atoms with Gasteiger partial charge in [-0.3, -0.25) is 10.1 Å². The van der Waals surface area contributed by atoms with Gasteiger partial charge in [-0.15, -0.1) is 0 Å². The highest BCUT2D eigenvalue weighted by Crippen LogP contribution is 2.37. The molecule has 19 heavy (non-hydrogen) atoms. The molecule has 0 aliphatic carbocycles. The zero-order chi connectivity index (χ0) is 13.2. The number of fused-ring (bicyclic) bond motifs is 1. The van der Waals surface area contributed by atoms with Gasteiger partial charge < -0.3 is 4.74 Å². The van der Waals surface area contributed by atoms with E-state index in [1.54, 1.807) is 12.1 Å². The molecule has 1 atom stereocenters.